The van der Waals surface area contributed by atoms with Crippen LogP contribution in [0.1, 0.15) is 20.3 Å². The minimum atomic E-state index is -0.814. The molecule has 0 saturated heterocycles. The number of ether oxygens (including phenoxy) is 1. The summed E-state index contributed by atoms with van der Waals surface area (Å²) in [7, 11) is 0. The molecule has 1 aromatic rings. The molecular formula is C15H19NO3. The molecule has 0 aliphatic carbocycles. The highest BCUT2D eigenvalue weighted by Gasteiger charge is 2.18. The molecule has 2 rings (SSSR count). The maximum absolute atomic E-state index is 10.9. The van der Waals surface area contributed by atoms with E-state index in [1.165, 1.54) is 0 Å². The summed E-state index contributed by atoms with van der Waals surface area (Å²) in [6.45, 7) is 5.31. The van der Waals surface area contributed by atoms with E-state index in [0.717, 1.165) is 11.4 Å². The molecule has 0 radical (unpaired) electrons. The van der Waals surface area contributed by atoms with Crippen LogP contribution in [-0.4, -0.2) is 30.3 Å². The van der Waals surface area contributed by atoms with Gasteiger partial charge in [0.05, 0.1) is 11.8 Å². The van der Waals surface area contributed by atoms with Crippen LogP contribution in [0.4, 0.5) is 5.69 Å². The van der Waals surface area contributed by atoms with Crippen LogP contribution in [0.3, 0.4) is 0 Å². The first-order valence-corrected chi connectivity index (χ1v) is 6.51. The van der Waals surface area contributed by atoms with Crippen molar-refractivity contribution in [3.63, 3.8) is 0 Å². The number of para-hydroxylation sites is 2. The highest BCUT2D eigenvalue weighted by molar-refractivity contribution is 5.87. The van der Waals surface area contributed by atoms with Gasteiger partial charge in [0.2, 0.25) is 0 Å². The zero-order valence-corrected chi connectivity index (χ0v) is 11.3. The summed E-state index contributed by atoms with van der Waals surface area (Å²) < 4.78 is 5.79. The van der Waals surface area contributed by atoms with E-state index in [0.29, 0.717) is 25.1 Å². The number of anilines is 1. The normalized spacial score (nSPS) is 15.3. The molecule has 1 aliphatic rings. The minimum Gasteiger partial charge on any atom is -0.489 e. The van der Waals surface area contributed by atoms with Gasteiger partial charge in [-0.05, 0) is 32.4 Å². The van der Waals surface area contributed by atoms with Crippen molar-refractivity contribution in [3.05, 3.63) is 35.9 Å². The van der Waals surface area contributed by atoms with Crippen molar-refractivity contribution in [1.82, 2.24) is 0 Å². The zero-order chi connectivity index (χ0) is 13.8. The molecule has 0 amide bonds. The number of hydrogen-bond donors (Lipinski definition) is 1. The Labute approximate surface area is 113 Å². The smallest absolute Gasteiger partial charge is 0.331 e. The molecule has 0 spiro atoms. The van der Waals surface area contributed by atoms with Crippen molar-refractivity contribution in [2.75, 3.05) is 18.0 Å². The highest BCUT2D eigenvalue weighted by Crippen LogP contribution is 2.30. The second-order valence-electron chi connectivity index (χ2n) is 4.86. The number of carbonyl (C=O) groups is 1. The number of rotatable bonds is 4. The summed E-state index contributed by atoms with van der Waals surface area (Å²) in [6.07, 6.45) is 2.46. The topological polar surface area (TPSA) is 49.8 Å². The first-order valence-electron chi connectivity index (χ1n) is 6.51. The van der Waals surface area contributed by atoms with Crippen LogP contribution in [0, 0.1) is 0 Å². The number of nitrogens with zero attached hydrogens (tertiary/aromatic N) is 1. The molecule has 102 valence electrons. The Morgan fingerprint density at radius 1 is 1.37 bits per heavy atom. The molecule has 0 bridgehead atoms. The number of aliphatic carboxylic acids is 1. The monoisotopic (exact) mass is 261 g/mol. The lowest BCUT2D eigenvalue weighted by atomic mass is 10.1. The van der Waals surface area contributed by atoms with E-state index >= 15 is 0 Å². The fourth-order valence-electron chi connectivity index (χ4n) is 2.15. The molecule has 19 heavy (non-hydrogen) atoms. The summed E-state index contributed by atoms with van der Waals surface area (Å²) >= 11 is 0. The fourth-order valence-corrected chi connectivity index (χ4v) is 2.15. The van der Waals surface area contributed by atoms with Gasteiger partial charge in [-0.25, -0.2) is 4.79 Å². The molecular weight excluding hydrogens is 242 g/mol. The van der Waals surface area contributed by atoms with E-state index in [-0.39, 0.29) is 6.10 Å². The average molecular weight is 261 g/mol. The number of hydrogen-bond acceptors (Lipinski definition) is 3. The SMILES string of the molecule is CC(C)Oc1ccccc1N1CC=C(C(=O)O)CC1. The summed E-state index contributed by atoms with van der Waals surface area (Å²) in [5, 5.41) is 8.96. The van der Waals surface area contributed by atoms with Crippen molar-refractivity contribution in [3.8, 4) is 5.75 Å². The van der Waals surface area contributed by atoms with Gasteiger partial charge in [-0.2, -0.15) is 0 Å². The van der Waals surface area contributed by atoms with Gasteiger partial charge in [-0.1, -0.05) is 18.2 Å². The first kappa shape index (κ1) is 13.5. The Bertz CT molecular complexity index is 494. The van der Waals surface area contributed by atoms with E-state index in [9.17, 15) is 4.79 Å². The van der Waals surface area contributed by atoms with Crippen molar-refractivity contribution < 1.29 is 14.6 Å². The van der Waals surface area contributed by atoms with E-state index < -0.39 is 5.97 Å². The van der Waals surface area contributed by atoms with Crippen LogP contribution in [-0.2, 0) is 4.79 Å². The van der Waals surface area contributed by atoms with Gasteiger partial charge in [-0.15, -0.1) is 0 Å². The standard InChI is InChI=1S/C15H19NO3/c1-11(2)19-14-6-4-3-5-13(14)16-9-7-12(8-10-16)15(17)18/h3-7,11H,8-10H2,1-2H3,(H,17,18). The molecule has 0 saturated carbocycles. The predicted octanol–water partition coefficient (Wildman–Crippen LogP) is 2.69. The lowest BCUT2D eigenvalue weighted by Gasteiger charge is -2.29. The van der Waals surface area contributed by atoms with Crippen molar-refractivity contribution >= 4 is 11.7 Å². The van der Waals surface area contributed by atoms with E-state index in [1.807, 2.05) is 38.1 Å². The van der Waals surface area contributed by atoms with Crippen molar-refractivity contribution in [2.24, 2.45) is 0 Å². The van der Waals surface area contributed by atoms with Gasteiger partial charge < -0.3 is 14.7 Å². The summed E-state index contributed by atoms with van der Waals surface area (Å²) in [5.41, 5.74) is 1.52. The minimum absolute atomic E-state index is 0.121. The molecule has 4 heteroatoms. The van der Waals surface area contributed by atoms with Crippen LogP contribution < -0.4 is 9.64 Å². The molecule has 0 atom stereocenters. The Morgan fingerprint density at radius 3 is 2.68 bits per heavy atom. The largest absolute Gasteiger partial charge is 0.489 e. The Balaban J connectivity index is 2.17. The van der Waals surface area contributed by atoms with Crippen LogP contribution in [0.5, 0.6) is 5.75 Å². The van der Waals surface area contributed by atoms with Crippen LogP contribution in [0.25, 0.3) is 0 Å². The lowest BCUT2D eigenvalue weighted by Crippen LogP contribution is -2.30. The number of benzene rings is 1. The van der Waals surface area contributed by atoms with Gasteiger partial charge in [0.25, 0.3) is 0 Å². The first-order chi connectivity index (χ1) is 9.08. The highest BCUT2D eigenvalue weighted by atomic mass is 16.5. The third kappa shape index (κ3) is 3.28. The molecule has 1 N–H and O–H groups in total. The predicted molar refractivity (Wildman–Crippen MR) is 74.8 cm³/mol. The fraction of sp³-hybridized carbons (Fsp3) is 0.400. The number of carboxylic acids is 1. The van der Waals surface area contributed by atoms with Gasteiger partial charge in [0, 0.05) is 18.7 Å². The van der Waals surface area contributed by atoms with Crippen molar-refractivity contribution in [1.29, 1.82) is 0 Å². The molecule has 1 heterocycles. The average Bonchev–Trinajstić information content (AvgIpc) is 2.39. The van der Waals surface area contributed by atoms with E-state index in [1.54, 1.807) is 6.08 Å². The maximum Gasteiger partial charge on any atom is 0.331 e. The molecule has 1 aliphatic heterocycles. The summed E-state index contributed by atoms with van der Waals surface area (Å²) in [5.74, 6) is 0.0380. The van der Waals surface area contributed by atoms with Gasteiger partial charge in [0.15, 0.2) is 0 Å². The Morgan fingerprint density at radius 2 is 2.11 bits per heavy atom. The third-order valence-corrected chi connectivity index (χ3v) is 3.05. The van der Waals surface area contributed by atoms with Crippen LogP contribution >= 0.6 is 0 Å². The summed E-state index contributed by atoms with van der Waals surface area (Å²) in [6, 6.07) is 7.88. The Hall–Kier alpha value is -1.97. The van der Waals surface area contributed by atoms with Crippen LogP contribution in [0.15, 0.2) is 35.9 Å². The third-order valence-electron chi connectivity index (χ3n) is 3.05. The Kier molecular flexibility index (Phi) is 4.10. The van der Waals surface area contributed by atoms with Gasteiger partial charge in [0.1, 0.15) is 5.75 Å². The van der Waals surface area contributed by atoms with Gasteiger partial charge in [-0.3, -0.25) is 0 Å². The van der Waals surface area contributed by atoms with Crippen LogP contribution in [0.2, 0.25) is 0 Å². The van der Waals surface area contributed by atoms with E-state index in [4.69, 9.17) is 9.84 Å². The van der Waals surface area contributed by atoms with E-state index in [2.05, 4.69) is 4.90 Å². The second-order valence-corrected chi connectivity index (χ2v) is 4.86. The number of carboxylic acid groups (broad SMARTS) is 1. The van der Waals surface area contributed by atoms with Crippen molar-refractivity contribution in [2.45, 2.75) is 26.4 Å². The summed E-state index contributed by atoms with van der Waals surface area (Å²) in [4.78, 5) is 13.0. The molecule has 1 aromatic carbocycles. The maximum atomic E-state index is 10.9. The quantitative estimate of drug-likeness (QED) is 0.905. The molecule has 0 unspecified atom stereocenters. The lowest BCUT2D eigenvalue weighted by molar-refractivity contribution is -0.132. The zero-order valence-electron chi connectivity index (χ0n) is 11.3. The second kappa shape index (κ2) is 5.78. The van der Waals surface area contributed by atoms with Gasteiger partial charge >= 0.3 is 5.97 Å². The molecule has 0 aromatic heterocycles. The molecule has 0 fully saturated rings. The molecule has 4 nitrogen and oxygen atoms in total.